The van der Waals surface area contributed by atoms with Crippen molar-refractivity contribution in [2.24, 2.45) is 10.9 Å². The number of ether oxygens (including phenoxy) is 2. The molecule has 12 heavy (non-hydrogen) atoms. The summed E-state index contributed by atoms with van der Waals surface area (Å²) in [6.07, 6.45) is 0. The van der Waals surface area contributed by atoms with Crippen LogP contribution >= 0.6 is 0 Å². The molecular weight excluding hydrogens is 158 g/mol. The summed E-state index contributed by atoms with van der Waals surface area (Å²) in [4.78, 5) is 14.6. The number of rotatable bonds is 3. The molecule has 0 aliphatic carbocycles. The van der Waals surface area contributed by atoms with E-state index in [1.807, 2.05) is 13.8 Å². The van der Waals surface area contributed by atoms with Crippen LogP contribution in [0.2, 0.25) is 0 Å². The van der Waals surface area contributed by atoms with Gasteiger partial charge < -0.3 is 9.47 Å². The predicted molar refractivity (Wildman–Crippen MR) is 46.2 cm³/mol. The van der Waals surface area contributed by atoms with E-state index in [9.17, 15) is 4.79 Å². The topological polar surface area (TPSA) is 47.9 Å². The zero-order chi connectivity index (χ0) is 9.56. The van der Waals surface area contributed by atoms with Crippen molar-refractivity contribution in [3.05, 3.63) is 0 Å². The standard InChI is InChI=1S/C8H15NO3/c1-6(2)8(12-4)9-5-7(10)11-3/h6H,5H2,1-4H3. The van der Waals surface area contributed by atoms with E-state index < -0.39 is 0 Å². The lowest BCUT2D eigenvalue weighted by Gasteiger charge is -2.07. The van der Waals surface area contributed by atoms with Crippen LogP contribution in [0.5, 0.6) is 0 Å². The van der Waals surface area contributed by atoms with Gasteiger partial charge in [-0.25, -0.2) is 4.99 Å². The van der Waals surface area contributed by atoms with E-state index in [0.717, 1.165) is 0 Å². The first-order valence-electron chi connectivity index (χ1n) is 3.77. The Morgan fingerprint density at radius 3 is 2.25 bits per heavy atom. The molecule has 0 heterocycles. The van der Waals surface area contributed by atoms with Crippen LogP contribution in [-0.4, -0.2) is 32.6 Å². The second kappa shape index (κ2) is 5.57. The van der Waals surface area contributed by atoms with Crippen molar-refractivity contribution in [3.63, 3.8) is 0 Å². The van der Waals surface area contributed by atoms with Crippen LogP contribution in [0.3, 0.4) is 0 Å². The Bertz CT molecular complexity index is 175. The Balaban J connectivity index is 4.03. The van der Waals surface area contributed by atoms with Gasteiger partial charge >= 0.3 is 5.97 Å². The first-order valence-corrected chi connectivity index (χ1v) is 3.77. The Morgan fingerprint density at radius 1 is 1.33 bits per heavy atom. The fourth-order valence-corrected chi connectivity index (χ4v) is 0.690. The molecule has 0 radical (unpaired) electrons. The molecule has 0 saturated heterocycles. The minimum Gasteiger partial charge on any atom is -0.484 e. The van der Waals surface area contributed by atoms with Gasteiger partial charge in [0.05, 0.1) is 14.2 Å². The Hall–Kier alpha value is -1.06. The van der Waals surface area contributed by atoms with Crippen molar-refractivity contribution >= 4 is 11.9 Å². The molecule has 0 aromatic rings. The molecule has 0 atom stereocenters. The Morgan fingerprint density at radius 2 is 1.92 bits per heavy atom. The van der Waals surface area contributed by atoms with Gasteiger partial charge in [-0.1, -0.05) is 13.8 Å². The van der Waals surface area contributed by atoms with Crippen LogP contribution in [0.1, 0.15) is 13.8 Å². The van der Waals surface area contributed by atoms with E-state index in [4.69, 9.17) is 4.74 Å². The van der Waals surface area contributed by atoms with E-state index in [2.05, 4.69) is 9.73 Å². The van der Waals surface area contributed by atoms with Crippen molar-refractivity contribution in [1.82, 2.24) is 0 Å². The smallest absolute Gasteiger partial charge is 0.327 e. The second-order valence-electron chi connectivity index (χ2n) is 2.59. The van der Waals surface area contributed by atoms with Crippen LogP contribution in [0.25, 0.3) is 0 Å². The average Bonchev–Trinajstić information content (AvgIpc) is 2.04. The van der Waals surface area contributed by atoms with Crippen LogP contribution < -0.4 is 0 Å². The SMILES string of the molecule is COC(=O)CN=C(OC)C(C)C. The van der Waals surface area contributed by atoms with E-state index >= 15 is 0 Å². The fourth-order valence-electron chi connectivity index (χ4n) is 0.690. The summed E-state index contributed by atoms with van der Waals surface area (Å²) in [5.74, 6) is 0.408. The molecule has 0 aliphatic heterocycles. The molecular formula is C8H15NO3. The largest absolute Gasteiger partial charge is 0.484 e. The van der Waals surface area contributed by atoms with Crippen LogP contribution in [0.15, 0.2) is 4.99 Å². The van der Waals surface area contributed by atoms with E-state index in [1.54, 1.807) is 0 Å². The fraction of sp³-hybridized carbons (Fsp3) is 0.750. The number of esters is 1. The van der Waals surface area contributed by atoms with Crippen LogP contribution in [-0.2, 0) is 14.3 Å². The third-order valence-electron chi connectivity index (χ3n) is 1.29. The summed E-state index contributed by atoms with van der Waals surface area (Å²) in [6.45, 7) is 3.91. The number of aliphatic imine (C=N–C) groups is 1. The monoisotopic (exact) mass is 173 g/mol. The quantitative estimate of drug-likeness (QED) is 0.361. The Kier molecular flexibility index (Phi) is 5.08. The van der Waals surface area contributed by atoms with Crippen LogP contribution in [0.4, 0.5) is 0 Å². The Labute approximate surface area is 72.6 Å². The number of methoxy groups -OCH3 is 2. The summed E-state index contributed by atoms with van der Waals surface area (Å²) < 4.78 is 9.37. The summed E-state index contributed by atoms with van der Waals surface area (Å²) in [5.41, 5.74) is 0. The van der Waals surface area contributed by atoms with Crippen LogP contribution in [0, 0.1) is 5.92 Å². The van der Waals surface area contributed by atoms with Crippen molar-refractivity contribution in [1.29, 1.82) is 0 Å². The lowest BCUT2D eigenvalue weighted by Crippen LogP contribution is -2.13. The van der Waals surface area contributed by atoms with Gasteiger partial charge in [0.2, 0.25) is 0 Å². The minimum atomic E-state index is -0.356. The van der Waals surface area contributed by atoms with Gasteiger partial charge in [0.15, 0.2) is 5.90 Å². The van der Waals surface area contributed by atoms with Gasteiger partial charge in [-0.15, -0.1) is 0 Å². The van der Waals surface area contributed by atoms with Gasteiger partial charge in [0.25, 0.3) is 0 Å². The molecule has 4 heteroatoms. The molecule has 70 valence electrons. The van der Waals surface area contributed by atoms with Gasteiger partial charge in [-0.2, -0.15) is 0 Å². The van der Waals surface area contributed by atoms with Gasteiger partial charge in [-0.3, -0.25) is 4.79 Å². The summed E-state index contributed by atoms with van der Waals surface area (Å²) in [5, 5.41) is 0. The van der Waals surface area contributed by atoms with Crippen molar-refractivity contribution in [3.8, 4) is 0 Å². The normalized spacial score (nSPS) is 11.6. The average molecular weight is 173 g/mol. The third-order valence-corrected chi connectivity index (χ3v) is 1.29. The second-order valence-corrected chi connectivity index (χ2v) is 2.59. The lowest BCUT2D eigenvalue weighted by molar-refractivity contribution is -0.138. The zero-order valence-corrected chi connectivity index (χ0v) is 7.96. The number of hydrogen-bond acceptors (Lipinski definition) is 4. The highest BCUT2D eigenvalue weighted by molar-refractivity contribution is 5.81. The molecule has 0 aromatic heterocycles. The molecule has 0 spiro atoms. The number of carbonyl (C=O) groups is 1. The van der Waals surface area contributed by atoms with E-state index in [1.165, 1.54) is 14.2 Å². The maximum Gasteiger partial charge on any atom is 0.327 e. The number of hydrogen-bond donors (Lipinski definition) is 0. The third kappa shape index (κ3) is 3.95. The molecule has 0 saturated carbocycles. The summed E-state index contributed by atoms with van der Waals surface area (Å²) in [6, 6.07) is 0. The first kappa shape index (κ1) is 10.9. The molecule has 0 fully saturated rings. The molecule has 0 N–H and O–H groups in total. The highest BCUT2D eigenvalue weighted by Gasteiger charge is 2.05. The van der Waals surface area contributed by atoms with E-state index in [-0.39, 0.29) is 18.4 Å². The highest BCUT2D eigenvalue weighted by Crippen LogP contribution is 1.97. The molecule has 0 bridgehead atoms. The zero-order valence-electron chi connectivity index (χ0n) is 7.96. The molecule has 0 amide bonds. The van der Waals surface area contributed by atoms with Gasteiger partial charge in [-0.05, 0) is 0 Å². The summed E-state index contributed by atoms with van der Waals surface area (Å²) in [7, 11) is 2.87. The number of nitrogens with zero attached hydrogens (tertiary/aromatic N) is 1. The maximum atomic E-state index is 10.7. The molecule has 0 aliphatic rings. The number of carbonyl (C=O) groups excluding carboxylic acids is 1. The molecule has 0 aromatic carbocycles. The van der Waals surface area contributed by atoms with Crippen molar-refractivity contribution in [2.75, 3.05) is 20.8 Å². The minimum absolute atomic E-state index is 0.0256. The van der Waals surface area contributed by atoms with Crippen molar-refractivity contribution in [2.45, 2.75) is 13.8 Å². The first-order chi connectivity index (χ1) is 5.61. The van der Waals surface area contributed by atoms with Gasteiger partial charge in [0.1, 0.15) is 6.54 Å². The molecule has 0 rings (SSSR count). The van der Waals surface area contributed by atoms with Gasteiger partial charge in [0, 0.05) is 5.92 Å². The molecule has 0 unspecified atom stereocenters. The summed E-state index contributed by atoms with van der Waals surface area (Å²) >= 11 is 0. The maximum absolute atomic E-state index is 10.7. The molecule has 4 nitrogen and oxygen atoms in total. The highest BCUT2D eigenvalue weighted by atomic mass is 16.5. The van der Waals surface area contributed by atoms with E-state index in [0.29, 0.717) is 5.90 Å². The lowest BCUT2D eigenvalue weighted by atomic mass is 10.2. The van der Waals surface area contributed by atoms with Crippen molar-refractivity contribution < 1.29 is 14.3 Å². The predicted octanol–water partition coefficient (Wildman–Crippen LogP) is 0.860.